The molecule has 0 bridgehead atoms. The van der Waals surface area contributed by atoms with Gasteiger partial charge in [-0.2, -0.15) is 0 Å². The average Bonchev–Trinajstić information content (AvgIpc) is 2.81. The molecule has 6 heteroatoms. The second-order valence-electron chi connectivity index (χ2n) is 8.12. The zero-order valence-corrected chi connectivity index (χ0v) is 17.9. The zero-order chi connectivity index (χ0) is 22.2. The summed E-state index contributed by atoms with van der Waals surface area (Å²) in [6.07, 6.45) is 0. The van der Waals surface area contributed by atoms with Crippen LogP contribution < -0.4 is 0 Å². The van der Waals surface area contributed by atoms with E-state index in [0.717, 1.165) is 43.8 Å². The average molecular weight is 422 g/mol. The van der Waals surface area contributed by atoms with Gasteiger partial charge in [0.2, 0.25) is 0 Å². The Morgan fingerprint density at radius 1 is 0.594 bits per heavy atom. The first-order valence-electron chi connectivity index (χ1n) is 10.5. The van der Waals surface area contributed by atoms with Crippen LogP contribution in [0.5, 0.6) is 0 Å². The number of carbonyl (C=O) groups excluding carboxylic acids is 2. The summed E-state index contributed by atoms with van der Waals surface area (Å²) in [4.78, 5) is 28.0. The number of benzene rings is 4. The molecule has 0 aliphatic carbocycles. The molecule has 0 fully saturated rings. The van der Waals surface area contributed by atoms with Gasteiger partial charge in [-0.05, 0) is 43.8 Å². The Labute approximate surface area is 185 Å². The highest BCUT2D eigenvalue weighted by Crippen LogP contribution is 2.40. The van der Waals surface area contributed by atoms with Crippen molar-refractivity contribution < 1.29 is 9.59 Å². The third kappa shape index (κ3) is 3.39. The Balaban J connectivity index is 1.90. The van der Waals surface area contributed by atoms with E-state index in [-0.39, 0.29) is 0 Å². The van der Waals surface area contributed by atoms with E-state index in [0.29, 0.717) is 13.1 Å². The van der Waals surface area contributed by atoms with Crippen LogP contribution in [0, 0.1) is 0 Å². The number of rotatable bonds is 0. The van der Waals surface area contributed by atoms with Gasteiger partial charge in [-0.3, -0.25) is 0 Å². The molecule has 32 heavy (non-hydrogen) atoms. The number of hydrogen-bond donors (Lipinski definition) is 0. The second-order valence-corrected chi connectivity index (χ2v) is 8.12. The SMILES string of the molecule is CN1Cc2ccc3ccccc3c2-c2c(ccc3ccccc23)CN(C)C(=O)/N=N\C1=O. The molecule has 4 amide bonds. The highest BCUT2D eigenvalue weighted by molar-refractivity contribution is 6.08. The highest BCUT2D eigenvalue weighted by atomic mass is 16.2. The molecule has 158 valence electrons. The van der Waals surface area contributed by atoms with Crippen molar-refractivity contribution in [3.8, 4) is 11.1 Å². The molecule has 1 heterocycles. The number of azo groups is 1. The van der Waals surface area contributed by atoms with Crippen LogP contribution in [0.15, 0.2) is 83.0 Å². The number of fused-ring (bicyclic) bond motifs is 7. The Morgan fingerprint density at radius 3 is 1.44 bits per heavy atom. The smallest absolute Gasteiger partial charge is 0.320 e. The molecule has 0 N–H and O–H groups in total. The molecule has 0 saturated carbocycles. The predicted octanol–water partition coefficient (Wildman–Crippen LogP) is 6.23. The van der Waals surface area contributed by atoms with Crippen molar-refractivity contribution in [1.29, 1.82) is 0 Å². The van der Waals surface area contributed by atoms with Crippen LogP contribution in [0.3, 0.4) is 0 Å². The molecule has 5 rings (SSSR count). The van der Waals surface area contributed by atoms with Gasteiger partial charge >= 0.3 is 12.1 Å². The zero-order valence-electron chi connectivity index (χ0n) is 17.9. The van der Waals surface area contributed by atoms with E-state index in [1.54, 1.807) is 14.1 Å². The predicted molar refractivity (Wildman–Crippen MR) is 125 cm³/mol. The van der Waals surface area contributed by atoms with E-state index in [2.05, 4.69) is 58.8 Å². The van der Waals surface area contributed by atoms with Crippen LogP contribution in [0.4, 0.5) is 9.59 Å². The summed E-state index contributed by atoms with van der Waals surface area (Å²) in [6, 6.07) is 23.7. The topological polar surface area (TPSA) is 65.3 Å². The van der Waals surface area contributed by atoms with Crippen molar-refractivity contribution in [2.24, 2.45) is 10.2 Å². The fourth-order valence-electron chi connectivity index (χ4n) is 4.37. The maximum Gasteiger partial charge on any atom is 0.362 e. The normalized spacial score (nSPS) is 15.8. The second kappa shape index (κ2) is 7.89. The molecular weight excluding hydrogens is 400 g/mol. The molecule has 1 aliphatic heterocycles. The number of carbonyl (C=O) groups is 2. The third-order valence-electron chi connectivity index (χ3n) is 5.97. The van der Waals surface area contributed by atoms with E-state index in [4.69, 9.17) is 0 Å². The molecule has 0 unspecified atom stereocenters. The lowest BCUT2D eigenvalue weighted by Gasteiger charge is -2.24. The molecule has 0 aromatic heterocycles. The minimum absolute atomic E-state index is 0.352. The van der Waals surface area contributed by atoms with Gasteiger partial charge in [0.25, 0.3) is 0 Å². The van der Waals surface area contributed by atoms with E-state index < -0.39 is 12.1 Å². The van der Waals surface area contributed by atoms with Crippen molar-refractivity contribution in [3.05, 3.63) is 83.9 Å². The summed E-state index contributed by atoms with van der Waals surface area (Å²) >= 11 is 0. The Kier molecular flexibility index (Phi) is 4.90. The summed E-state index contributed by atoms with van der Waals surface area (Å²) in [7, 11) is 3.34. The molecular formula is C26H22N4O2. The van der Waals surface area contributed by atoms with Gasteiger partial charge in [-0.15, -0.1) is 0 Å². The summed E-state index contributed by atoms with van der Waals surface area (Å²) in [6.45, 7) is 0.704. The number of amides is 4. The van der Waals surface area contributed by atoms with Crippen LogP contribution in [-0.2, 0) is 13.1 Å². The minimum Gasteiger partial charge on any atom is -0.320 e. The Hall–Kier alpha value is -4.06. The minimum atomic E-state index is -0.551. The Bertz CT molecular complexity index is 1300. The summed E-state index contributed by atoms with van der Waals surface area (Å²) in [5, 5.41) is 11.7. The van der Waals surface area contributed by atoms with Crippen molar-refractivity contribution >= 4 is 33.6 Å². The number of urea groups is 2. The number of hydrogen-bond acceptors (Lipinski definition) is 2. The van der Waals surface area contributed by atoms with E-state index in [9.17, 15) is 9.59 Å². The van der Waals surface area contributed by atoms with Gasteiger partial charge in [0.05, 0.1) is 0 Å². The first-order chi connectivity index (χ1) is 15.5. The molecule has 0 radical (unpaired) electrons. The first kappa shape index (κ1) is 19.9. The van der Waals surface area contributed by atoms with Crippen molar-refractivity contribution in [2.75, 3.05) is 14.1 Å². The molecule has 6 nitrogen and oxygen atoms in total. The lowest BCUT2D eigenvalue weighted by atomic mass is 9.86. The maximum atomic E-state index is 12.5. The molecule has 4 aromatic carbocycles. The van der Waals surface area contributed by atoms with E-state index >= 15 is 0 Å². The largest absolute Gasteiger partial charge is 0.362 e. The van der Waals surface area contributed by atoms with E-state index in [1.807, 2.05) is 24.3 Å². The summed E-state index contributed by atoms with van der Waals surface area (Å²) in [5.74, 6) is 0. The molecule has 0 atom stereocenters. The van der Waals surface area contributed by atoms with Crippen LogP contribution in [0.1, 0.15) is 11.1 Å². The van der Waals surface area contributed by atoms with Gasteiger partial charge in [0, 0.05) is 27.2 Å². The van der Waals surface area contributed by atoms with Gasteiger partial charge in [0.1, 0.15) is 0 Å². The monoisotopic (exact) mass is 422 g/mol. The standard InChI is InChI=1S/C26H22N4O2/c1-29-15-19-13-11-17-7-3-5-9-21(17)23(19)24-20(14-12-18-8-4-6-10-22(18)24)16-30(2)26(32)28-27-25(29)31/h3-14H,15-16H2,1-2H3/b28-27-. The van der Waals surface area contributed by atoms with Crippen LogP contribution >= 0.6 is 0 Å². The molecule has 4 aromatic rings. The van der Waals surface area contributed by atoms with E-state index in [1.165, 1.54) is 9.80 Å². The van der Waals surface area contributed by atoms with Crippen LogP contribution in [-0.4, -0.2) is 36.0 Å². The van der Waals surface area contributed by atoms with Crippen molar-refractivity contribution in [2.45, 2.75) is 13.1 Å². The molecule has 1 aliphatic rings. The first-order valence-corrected chi connectivity index (χ1v) is 10.5. The third-order valence-corrected chi connectivity index (χ3v) is 5.97. The van der Waals surface area contributed by atoms with Gasteiger partial charge in [-0.1, -0.05) is 83.0 Å². The van der Waals surface area contributed by atoms with Crippen molar-refractivity contribution in [1.82, 2.24) is 9.80 Å². The fourth-order valence-corrected chi connectivity index (χ4v) is 4.37. The molecule has 0 spiro atoms. The number of nitrogens with zero attached hydrogens (tertiary/aromatic N) is 4. The lowest BCUT2D eigenvalue weighted by Crippen LogP contribution is -2.26. The lowest BCUT2D eigenvalue weighted by molar-refractivity contribution is 0.207. The fraction of sp³-hybridized carbons (Fsp3) is 0.154. The molecule has 0 saturated heterocycles. The maximum absolute atomic E-state index is 12.5. The van der Waals surface area contributed by atoms with Crippen molar-refractivity contribution in [3.63, 3.8) is 0 Å². The van der Waals surface area contributed by atoms with Crippen LogP contribution in [0.25, 0.3) is 32.7 Å². The quantitative estimate of drug-likeness (QED) is 0.337. The van der Waals surface area contributed by atoms with Gasteiger partial charge in [-0.25, -0.2) is 9.59 Å². The Morgan fingerprint density at radius 2 is 1.00 bits per heavy atom. The summed E-state index contributed by atoms with van der Waals surface area (Å²) in [5.41, 5.74) is 4.18. The van der Waals surface area contributed by atoms with Gasteiger partial charge in [0.15, 0.2) is 0 Å². The van der Waals surface area contributed by atoms with Crippen LogP contribution in [0.2, 0.25) is 0 Å². The summed E-state index contributed by atoms with van der Waals surface area (Å²) < 4.78 is 0. The van der Waals surface area contributed by atoms with Gasteiger partial charge < -0.3 is 9.80 Å². The highest BCUT2D eigenvalue weighted by Gasteiger charge is 2.22.